The number of hydrogen-bond acceptors (Lipinski definition) is 3. The molecule has 100 valence electrons. The van der Waals surface area contributed by atoms with Crippen LogP contribution in [-0.2, 0) is 14.4 Å². The molecule has 1 aliphatic rings. The van der Waals surface area contributed by atoms with Gasteiger partial charge in [-0.05, 0) is 32.1 Å². The second-order valence-electron chi connectivity index (χ2n) is 4.45. The van der Waals surface area contributed by atoms with Gasteiger partial charge >= 0.3 is 5.97 Å². The summed E-state index contributed by atoms with van der Waals surface area (Å²) in [6.07, 6.45) is 9.10. The molecule has 0 spiro atoms. The van der Waals surface area contributed by atoms with Gasteiger partial charge in [0.05, 0.1) is 6.54 Å². The molecule has 0 aliphatic heterocycles. The zero-order chi connectivity index (χ0) is 13.4. The third kappa shape index (κ3) is 5.17. The molecule has 1 rings (SSSR count). The Morgan fingerprint density at radius 3 is 2.83 bits per heavy atom. The van der Waals surface area contributed by atoms with Crippen molar-refractivity contribution in [1.29, 1.82) is 0 Å². The molecule has 0 heterocycles. The number of carbonyl (C=O) groups is 2. The lowest BCUT2D eigenvalue weighted by molar-refractivity contribution is -0.194. The Bertz CT molecular complexity index is 347. The van der Waals surface area contributed by atoms with Gasteiger partial charge in [0, 0.05) is 13.3 Å². The molecule has 0 fully saturated rings. The second kappa shape index (κ2) is 7.69. The maximum Gasteiger partial charge on any atom is 0.329 e. The van der Waals surface area contributed by atoms with Crippen molar-refractivity contribution in [2.75, 3.05) is 6.54 Å². The van der Waals surface area contributed by atoms with Crippen LogP contribution in [0.2, 0.25) is 0 Å². The van der Waals surface area contributed by atoms with E-state index in [1.54, 1.807) is 6.08 Å². The van der Waals surface area contributed by atoms with E-state index in [1.807, 2.05) is 0 Å². The Balaban J connectivity index is 2.58. The van der Waals surface area contributed by atoms with Crippen LogP contribution in [-0.4, -0.2) is 23.5 Å². The van der Waals surface area contributed by atoms with Crippen LogP contribution < -0.4 is 0 Å². The van der Waals surface area contributed by atoms with Gasteiger partial charge in [-0.15, -0.1) is 6.58 Å². The van der Waals surface area contributed by atoms with E-state index in [1.165, 1.54) is 24.0 Å². The van der Waals surface area contributed by atoms with Crippen LogP contribution in [0.25, 0.3) is 0 Å². The second-order valence-corrected chi connectivity index (χ2v) is 4.45. The lowest BCUT2D eigenvalue weighted by Gasteiger charge is -2.23. The molecule has 0 radical (unpaired) electrons. The van der Waals surface area contributed by atoms with E-state index in [-0.39, 0.29) is 5.91 Å². The first-order chi connectivity index (χ1) is 8.63. The molecule has 1 amide bonds. The molecule has 0 aromatic rings. The number of amides is 1. The largest absolute Gasteiger partial charge is 0.338 e. The van der Waals surface area contributed by atoms with E-state index < -0.39 is 5.97 Å². The first kappa shape index (κ1) is 14.5. The SMILES string of the molecule is C=CCCC(=O)N(CC1=CCCCC1)OC(C)=O. The zero-order valence-electron chi connectivity index (χ0n) is 11.0. The van der Waals surface area contributed by atoms with Crippen molar-refractivity contribution < 1.29 is 14.4 Å². The Morgan fingerprint density at radius 2 is 2.28 bits per heavy atom. The van der Waals surface area contributed by atoms with E-state index in [9.17, 15) is 9.59 Å². The summed E-state index contributed by atoms with van der Waals surface area (Å²) in [5.74, 6) is -0.630. The number of rotatable bonds is 5. The third-order valence-electron chi connectivity index (χ3n) is 2.81. The fraction of sp³-hybridized carbons (Fsp3) is 0.571. The highest BCUT2D eigenvalue weighted by Crippen LogP contribution is 2.19. The van der Waals surface area contributed by atoms with Gasteiger partial charge < -0.3 is 4.84 Å². The summed E-state index contributed by atoms with van der Waals surface area (Å²) < 4.78 is 0. The van der Waals surface area contributed by atoms with Gasteiger partial charge in [0.25, 0.3) is 5.91 Å². The van der Waals surface area contributed by atoms with Gasteiger partial charge in [0.1, 0.15) is 0 Å². The standard InChI is InChI=1S/C14H21NO3/c1-3-4-10-14(17)15(18-12(2)16)11-13-8-6-5-7-9-13/h3,8H,1,4-7,9-11H2,2H3. The van der Waals surface area contributed by atoms with Crippen LogP contribution in [0, 0.1) is 0 Å². The van der Waals surface area contributed by atoms with Crippen LogP contribution in [0.5, 0.6) is 0 Å². The normalized spacial score (nSPS) is 14.6. The van der Waals surface area contributed by atoms with Crippen molar-refractivity contribution in [2.24, 2.45) is 0 Å². The summed E-state index contributed by atoms with van der Waals surface area (Å²) in [7, 11) is 0. The Kier molecular flexibility index (Phi) is 6.19. The lowest BCUT2D eigenvalue weighted by Crippen LogP contribution is -2.34. The van der Waals surface area contributed by atoms with Gasteiger partial charge in [-0.3, -0.25) is 9.59 Å². The van der Waals surface area contributed by atoms with Gasteiger partial charge in [-0.25, -0.2) is 0 Å². The Morgan fingerprint density at radius 1 is 1.50 bits per heavy atom. The smallest absolute Gasteiger partial charge is 0.329 e. The summed E-state index contributed by atoms with van der Waals surface area (Å²) in [5, 5.41) is 1.18. The van der Waals surface area contributed by atoms with Crippen molar-refractivity contribution in [2.45, 2.75) is 45.4 Å². The summed E-state index contributed by atoms with van der Waals surface area (Å²) >= 11 is 0. The quantitative estimate of drug-likeness (QED) is 0.557. The van der Waals surface area contributed by atoms with E-state index in [4.69, 9.17) is 4.84 Å². The van der Waals surface area contributed by atoms with Gasteiger partial charge in [-0.2, -0.15) is 5.06 Å². The number of carbonyl (C=O) groups excluding carboxylic acids is 2. The molecule has 18 heavy (non-hydrogen) atoms. The molecule has 0 aromatic carbocycles. The van der Waals surface area contributed by atoms with Crippen molar-refractivity contribution in [3.63, 3.8) is 0 Å². The van der Waals surface area contributed by atoms with Crippen molar-refractivity contribution in [3.05, 3.63) is 24.3 Å². The number of hydrogen-bond donors (Lipinski definition) is 0. The fourth-order valence-corrected chi connectivity index (χ4v) is 1.91. The molecule has 0 saturated heterocycles. The number of nitrogens with zero attached hydrogens (tertiary/aromatic N) is 1. The predicted octanol–water partition coefficient (Wildman–Crippen LogP) is 2.76. The highest BCUT2D eigenvalue weighted by molar-refractivity contribution is 5.77. The van der Waals surface area contributed by atoms with Crippen LogP contribution >= 0.6 is 0 Å². The van der Waals surface area contributed by atoms with Crippen molar-refractivity contribution >= 4 is 11.9 Å². The van der Waals surface area contributed by atoms with E-state index >= 15 is 0 Å². The average Bonchev–Trinajstić information content (AvgIpc) is 2.36. The molecule has 0 N–H and O–H groups in total. The molecule has 4 heteroatoms. The zero-order valence-corrected chi connectivity index (χ0v) is 11.0. The monoisotopic (exact) mass is 251 g/mol. The molecule has 0 bridgehead atoms. The highest BCUT2D eigenvalue weighted by Gasteiger charge is 2.18. The molecule has 4 nitrogen and oxygen atoms in total. The summed E-state index contributed by atoms with van der Waals surface area (Å²) in [5.41, 5.74) is 1.18. The van der Waals surface area contributed by atoms with Crippen LogP contribution in [0.4, 0.5) is 0 Å². The summed E-state index contributed by atoms with van der Waals surface area (Å²) in [6.45, 7) is 5.29. The maximum atomic E-state index is 11.9. The number of allylic oxidation sites excluding steroid dienone is 2. The Labute approximate surface area is 108 Å². The minimum Gasteiger partial charge on any atom is -0.338 e. The first-order valence-corrected chi connectivity index (χ1v) is 6.41. The molecule has 0 saturated carbocycles. The minimum absolute atomic E-state index is 0.170. The summed E-state index contributed by atoms with van der Waals surface area (Å²) in [4.78, 5) is 27.9. The van der Waals surface area contributed by atoms with E-state index in [0.29, 0.717) is 19.4 Å². The van der Waals surface area contributed by atoms with Gasteiger partial charge in [-0.1, -0.05) is 17.7 Å². The first-order valence-electron chi connectivity index (χ1n) is 6.41. The predicted molar refractivity (Wildman–Crippen MR) is 69.5 cm³/mol. The fourth-order valence-electron chi connectivity index (χ4n) is 1.91. The molecular weight excluding hydrogens is 230 g/mol. The van der Waals surface area contributed by atoms with Crippen LogP contribution in [0.1, 0.15) is 45.4 Å². The maximum absolute atomic E-state index is 11.9. The van der Waals surface area contributed by atoms with Gasteiger partial charge in [0.2, 0.25) is 0 Å². The molecule has 0 atom stereocenters. The summed E-state index contributed by atoms with van der Waals surface area (Å²) in [6, 6.07) is 0. The van der Waals surface area contributed by atoms with Crippen molar-refractivity contribution in [1.82, 2.24) is 5.06 Å². The van der Waals surface area contributed by atoms with E-state index in [0.717, 1.165) is 19.3 Å². The Hall–Kier alpha value is -1.58. The third-order valence-corrected chi connectivity index (χ3v) is 2.81. The minimum atomic E-state index is -0.460. The van der Waals surface area contributed by atoms with Gasteiger partial charge in [0.15, 0.2) is 0 Å². The molecular formula is C14H21NO3. The number of hydroxylamine groups is 2. The topological polar surface area (TPSA) is 46.6 Å². The van der Waals surface area contributed by atoms with Crippen LogP contribution in [0.3, 0.4) is 0 Å². The van der Waals surface area contributed by atoms with Crippen LogP contribution in [0.15, 0.2) is 24.3 Å². The van der Waals surface area contributed by atoms with E-state index in [2.05, 4.69) is 12.7 Å². The average molecular weight is 251 g/mol. The molecule has 0 aromatic heterocycles. The molecule has 1 aliphatic carbocycles. The highest BCUT2D eigenvalue weighted by atomic mass is 16.7. The van der Waals surface area contributed by atoms with Crippen molar-refractivity contribution in [3.8, 4) is 0 Å². The lowest BCUT2D eigenvalue weighted by atomic mass is 9.99. The molecule has 0 unspecified atom stereocenters.